The van der Waals surface area contributed by atoms with Crippen molar-refractivity contribution >= 4 is 0 Å². The third-order valence-electron chi connectivity index (χ3n) is 4.80. The SMILES string of the molecule is CCC1(CC)CNCC2(CCC(C)CC2)O1. The lowest BCUT2D eigenvalue weighted by Gasteiger charge is -2.51. The van der Waals surface area contributed by atoms with Gasteiger partial charge in [-0.25, -0.2) is 0 Å². The highest BCUT2D eigenvalue weighted by molar-refractivity contribution is 4.97. The molecule has 0 aromatic heterocycles. The maximum Gasteiger partial charge on any atom is 0.0814 e. The maximum absolute atomic E-state index is 6.59. The zero-order valence-electron chi connectivity index (χ0n) is 11.1. The summed E-state index contributed by atoms with van der Waals surface area (Å²) in [4.78, 5) is 0. The first-order chi connectivity index (χ1) is 7.64. The molecule has 2 aliphatic rings. The molecular formula is C14H27NO. The van der Waals surface area contributed by atoms with E-state index >= 15 is 0 Å². The molecule has 0 radical (unpaired) electrons. The van der Waals surface area contributed by atoms with Crippen LogP contribution in [0.1, 0.15) is 59.3 Å². The van der Waals surface area contributed by atoms with Crippen molar-refractivity contribution in [1.29, 1.82) is 0 Å². The molecule has 1 N–H and O–H groups in total. The first kappa shape index (κ1) is 12.4. The second kappa shape index (κ2) is 4.66. The second-order valence-electron chi connectivity index (χ2n) is 5.96. The standard InChI is InChI=1S/C14H27NO/c1-4-13(5-2)10-15-11-14(16-13)8-6-12(3)7-9-14/h12,15H,4-11H2,1-3H3. The number of morpholine rings is 1. The molecule has 1 saturated carbocycles. The van der Waals surface area contributed by atoms with Crippen molar-refractivity contribution in [1.82, 2.24) is 5.32 Å². The van der Waals surface area contributed by atoms with E-state index in [1.165, 1.54) is 25.7 Å². The predicted octanol–water partition coefficient (Wildman–Crippen LogP) is 3.11. The van der Waals surface area contributed by atoms with Crippen LogP contribution >= 0.6 is 0 Å². The molecule has 0 amide bonds. The van der Waals surface area contributed by atoms with Crippen LogP contribution in [0.15, 0.2) is 0 Å². The average Bonchev–Trinajstić information content (AvgIpc) is 2.33. The molecule has 2 heteroatoms. The molecule has 1 heterocycles. The van der Waals surface area contributed by atoms with E-state index < -0.39 is 0 Å². The summed E-state index contributed by atoms with van der Waals surface area (Å²) < 4.78 is 6.59. The highest BCUT2D eigenvalue weighted by Crippen LogP contribution is 2.40. The Morgan fingerprint density at radius 1 is 1.12 bits per heavy atom. The lowest BCUT2D eigenvalue weighted by atomic mass is 9.77. The minimum atomic E-state index is 0.110. The Bertz CT molecular complexity index is 227. The van der Waals surface area contributed by atoms with E-state index in [0.717, 1.165) is 31.8 Å². The Morgan fingerprint density at radius 3 is 2.31 bits per heavy atom. The van der Waals surface area contributed by atoms with Crippen LogP contribution in [0.3, 0.4) is 0 Å². The van der Waals surface area contributed by atoms with Gasteiger partial charge in [0.15, 0.2) is 0 Å². The van der Waals surface area contributed by atoms with Gasteiger partial charge in [-0.3, -0.25) is 0 Å². The van der Waals surface area contributed by atoms with Gasteiger partial charge in [0, 0.05) is 13.1 Å². The van der Waals surface area contributed by atoms with Gasteiger partial charge in [0.25, 0.3) is 0 Å². The van der Waals surface area contributed by atoms with Crippen molar-refractivity contribution in [3.05, 3.63) is 0 Å². The molecule has 0 atom stereocenters. The fraction of sp³-hybridized carbons (Fsp3) is 1.00. The molecule has 1 saturated heterocycles. The minimum absolute atomic E-state index is 0.110. The molecule has 2 fully saturated rings. The van der Waals surface area contributed by atoms with Gasteiger partial charge < -0.3 is 10.1 Å². The Kier molecular flexibility index (Phi) is 3.60. The van der Waals surface area contributed by atoms with Crippen molar-refractivity contribution in [2.24, 2.45) is 5.92 Å². The van der Waals surface area contributed by atoms with Gasteiger partial charge >= 0.3 is 0 Å². The minimum Gasteiger partial charge on any atom is -0.366 e. The maximum atomic E-state index is 6.59. The van der Waals surface area contributed by atoms with E-state index in [4.69, 9.17) is 4.74 Å². The van der Waals surface area contributed by atoms with Crippen LogP contribution in [0.4, 0.5) is 0 Å². The van der Waals surface area contributed by atoms with Crippen molar-refractivity contribution < 1.29 is 4.74 Å². The van der Waals surface area contributed by atoms with E-state index in [1.54, 1.807) is 0 Å². The zero-order valence-corrected chi connectivity index (χ0v) is 11.1. The summed E-state index contributed by atoms with van der Waals surface area (Å²) in [6.45, 7) is 9.00. The quantitative estimate of drug-likeness (QED) is 0.779. The number of rotatable bonds is 2. The van der Waals surface area contributed by atoms with Crippen LogP contribution in [0, 0.1) is 5.92 Å². The second-order valence-corrected chi connectivity index (χ2v) is 5.96. The number of hydrogen-bond donors (Lipinski definition) is 1. The summed E-state index contributed by atoms with van der Waals surface area (Å²) >= 11 is 0. The number of nitrogens with one attached hydrogen (secondary N) is 1. The fourth-order valence-corrected chi connectivity index (χ4v) is 3.26. The molecular weight excluding hydrogens is 198 g/mol. The highest BCUT2D eigenvalue weighted by Gasteiger charge is 2.45. The summed E-state index contributed by atoms with van der Waals surface area (Å²) in [6, 6.07) is 0. The number of hydrogen-bond acceptors (Lipinski definition) is 2. The first-order valence-corrected chi connectivity index (χ1v) is 7.04. The zero-order chi connectivity index (χ0) is 11.6. The van der Waals surface area contributed by atoms with Crippen LogP contribution in [0.5, 0.6) is 0 Å². The summed E-state index contributed by atoms with van der Waals surface area (Å²) in [6.07, 6.45) is 7.45. The van der Waals surface area contributed by atoms with Crippen LogP contribution in [-0.4, -0.2) is 24.3 Å². The number of ether oxygens (including phenoxy) is 1. The topological polar surface area (TPSA) is 21.3 Å². The van der Waals surface area contributed by atoms with E-state index in [-0.39, 0.29) is 11.2 Å². The molecule has 0 aromatic rings. The molecule has 2 nitrogen and oxygen atoms in total. The summed E-state index contributed by atoms with van der Waals surface area (Å²) in [5, 5.41) is 3.63. The van der Waals surface area contributed by atoms with Crippen LogP contribution in [0.25, 0.3) is 0 Å². The molecule has 1 spiro atoms. The van der Waals surface area contributed by atoms with E-state index in [1.807, 2.05) is 0 Å². The summed E-state index contributed by atoms with van der Waals surface area (Å²) in [7, 11) is 0. The van der Waals surface area contributed by atoms with E-state index in [9.17, 15) is 0 Å². The molecule has 0 aromatic carbocycles. The van der Waals surface area contributed by atoms with Gasteiger partial charge in [0.2, 0.25) is 0 Å². The molecule has 1 aliphatic carbocycles. The van der Waals surface area contributed by atoms with Gasteiger partial charge in [-0.1, -0.05) is 20.8 Å². The highest BCUT2D eigenvalue weighted by atomic mass is 16.5. The Hall–Kier alpha value is -0.0800. The smallest absolute Gasteiger partial charge is 0.0814 e. The van der Waals surface area contributed by atoms with Gasteiger partial charge in [0.05, 0.1) is 11.2 Å². The molecule has 1 aliphatic heterocycles. The van der Waals surface area contributed by atoms with E-state index in [2.05, 4.69) is 26.1 Å². The first-order valence-electron chi connectivity index (χ1n) is 7.04. The molecule has 16 heavy (non-hydrogen) atoms. The fourth-order valence-electron chi connectivity index (χ4n) is 3.26. The Labute approximate surface area is 100 Å². The van der Waals surface area contributed by atoms with Gasteiger partial charge in [-0.05, 0) is 44.4 Å². The molecule has 0 bridgehead atoms. The Morgan fingerprint density at radius 2 is 1.75 bits per heavy atom. The lowest BCUT2D eigenvalue weighted by Crippen LogP contribution is -2.60. The summed E-state index contributed by atoms with van der Waals surface area (Å²) in [5.41, 5.74) is 0.273. The largest absolute Gasteiger partial charge is 0.366 e. The van der Waals surface area contributed by atoms with Crippen molar-refractivity contribution in [2.75, 3.05) is 13.1 Å². The lowest BCUT2D eigenvalue weighted by molar-refractivity contribution is -0.196. The molecule has 94 valence electrons. The van der Waals surface area contributed by atoms with Crippen LogP contribution in [-0.2, 0) is 4.74 Å². The van der Waals surface area contributed by atoms with Crippen molar-refractivity contribution in [3.63, 3.8) is 0 Å². The van der Waals surface area contributed by atoms with Crippen LogP contribution in [0.2, 0.25) is 0 Å². The van der Waals surface area contributed by atoms with E-state index in [0.29, 0.717) is 0 Å². The van der Waals surface area contributed by atoms with Gasteiger partial charge in [0.1, 0.15) is 0 Å². The normalized spacial score (nSPS) is 38.8. The Balaban J connectivity index is 2.05. The van der Waals surface area contributed by atoms with Gasteiger partial charge in [-0.15, -0.1) is 0 Å². The molecule has 2 rings (SSSR count). The average molecular weight is 225 g/mol. The third kappa shape index (κ3) is 2.28. The van der Waals surface area contributed by atoms with Gasteiger partial charge in [-0.2, -0.15) is 0 Å². The van der Waals surface area contributed by atoms with Crippen LogP contribution < -0.4 is 5.32 Å². The summed E-state index contributed by atoms with van der Waals surface area (Å²) in [5.74, 6) is 0.897. The predicted molar refractivity (Wildman–Crippen MR) is 67.6 cm³/mol. The van der Waals surface area contributed by atoms with Crippen molar-refractivity contribution in [2.45, 2.75) is 70.5 Å². The third-order valence-corrected chi connectivity index (χ3v) is 4.80. The molecule has 0 unspecified atom stereocenters. The van der Waals surface area contributed by atoms with Crippen molar-refractivity contribution in [3.8, 4) is 0 Å². The monoisotopic (exact) mass is 225 g/mol.